The summed E-state index contributed by atoms with van der Waals surface area (Å²) in [5.41, 5.74) is 8.40. The van der Waals surface area contributed by atoms with Gasteiger partial charge in [0.15, 0.2) is 6.29 Å². The number of guanidine groups is 2. The number of rotatable bonds is 5. The number of nitrogens with zero attached hydrogens (tertiary/aromatic N) is 4. The van der Waals surface area contributed by atoms with Crippen molar-refractivity contribution >= 4 is 17.6 Å². The van der Waals surface area contributed by atoms with Crippen LogP contribution in [0.3, 0.4) is 0 Å². The Hall–Kier alpha value is -2.90. The molecule has 4 rings (SSSR count). The van der Waals surface area contributed by atoms with Crippen LogP contribution in [0.25, 0.3) is 0 Å². The van der Waals surface area contributed by atoms with Crippen LogP contribution in [0.15, 0.2) is 70.6 Å². The fourth-order valence-electron chi connectivity index (χ4n) is 3.44. The van der Waals surface area contributed by atoms with E-state index in [4.69, 9.17) is 10.5 Å². The van der Waals surface area contributed by atoms with Crippen molar-refractivity contribution in [2.75, 3.05) is 37.7 Å². The Bertz CT molecular complexity index is 817. The molecule has 7 nitrogen and oxygen atoms in total. The number of morpholine rings is 1. The number of aliphatic imine (C=N–C) groups is 2. The summed E-state index contributed by atoms with van der Waals surface area (Å²) < 4.78 is 5.51. The fourth-order valence-corrected chi connectivity index (χ4v) is 3.44. The minimum Gasteiger partial charge on any atom is -0.378 e. The van der Waals surface area contributed by atoms with Crippen LogP contribution in [0.5, 0.6) is 0 Å². The smallest absolute Gasteiger partial charge is 0.221 e. The van der Waals surface area contributed by atoms with Crippen molar-refractivity contribution in [1.82, 2.24) is 10.2 Å². The summed E-state index contributed by atoms with van der Waals surface area (Å²) in [6.45, 7) is 3.72. The number of hydrogen-bond acceptors (Lipinski definition) is 7. The van der Waals surface area contributed by atoms with Crippen molar-refractivity contribution in [2.45, 2.75) is 12.7 Å². The first kappa shape index (κ1) is 18.5. The lowest BCUT2D eigenvalue weighted by atomic mass is 10.1. The van der Waals surface area contributed by atoms with Gasteiger partial charge in [-0.2, -0.15) is 4.99 Å². The van der Waals surface area contributed by atoms with Crippen molar-refractivity contribution < 1.29 is 4.74 Å². The highest BCUT2D eigenvalue weighted by Crippen LogP contribution is 2.21. The van der Waals surface area contributed by atoms with Crippen LogP contribution in [0.4, 0.5) is 5.69 Å². The zero-order chi connectivity index (χ0) is 19.2. The molecule has 7 heteroatoms. The highest BCUT2D eigenvalue weighted by molar-refractivity contribution is 6.05. The lowest BCUT2D eigenvalue weighted by molar-refractivity contribution is 0.0669. The number of anilines is 1. The van der Waals surface area contributed by atoms with E-state index in [2.05, 4.69) is 61.5 Å². The molecule has 146 valence electrons. The molecule has 0 aromatic heterocycles. The third-order valence-electron chi connectivity index (χ3n) is 4.84. The van der Waals surface area contributed by atoms with Crippen molar-refractivity contribution in [1.29, 1.82) is 0 Å². The van der Waals surface area contributed by atoms with E-state index in [1.165, 1.54) is 5.56 Å². The highest BCUT2D eigenvalue weighted by Gasteiger charge is 2.31. The molecule has 2 heterocycles. The third kappa shape index (κ3) is 4.32. The second-order valence-electron chi connectivity index (χ2n) is 6.77. The lowest BCUT2D eigenvalue weighted by Gasteiger charge is -2.40. The Labute approximate surface area is 165 Å². The first-order valence-corrected chi connectivity index (χ1v) is 9.67. The molecule has 2 aromatic carbocycles. The van der Waals surface area contributed by atoms with Gasteiger partial charge in [-0.05, 0) is 24.1 Å². The topological polar surface area (TPSA) is 78.5 Å². The van der Waals surface area contributed by atoms with E-state index in [0.29, 0.717) is 19.2 Å². The van der Waals surface area contributed by atoms with E-state index < -0.39 is 0 Å². The Morgan fingerprint density at radius 2 is 1.68 bits per heavy atom. The monoisotopic (exact) mass is 378 g/mol. The molecule has 0 amide bonds. The molecule has 3 N–H and O–H groups in total. The molecule has 2 aliphatic heterocycles. The average molecular weight is 378 g/mol. The summed E-state index contributed by atoms with van der Waals surface area (Å²) in [6.07, 6.45) is 0.612. The molecular weight excluding hydrogens is 352 g/mol. The summed E-state index contributed by atoms with van der Waals surface area (Å²) in [4.78, 5) is 13.5. The first-order valence-electron chi connectivity index (χ1n) is 9.67. The molecule has 0 bridgehead atoms. The van der Waals surface area contributed by atoms with Gasteiger partial charge in [0.05, 0.1) is 13.2 Å². The molecule has 0 radical (unpaired) electrons. The highest BCUT2D eigenvalue weighted by atomic mass is 16.5. The molecule has 2 aliphatic rings. The van der Waals surface area contributed by atoms with Crippen LogP contribution in [0, 0.1) is 0 Å². The predicted octanol–water partition coefficient (Wildman–Crippen LogP) is 1.63. The van der Waals surface area contributed by atoms with E-state index >= 15 is 0 Å². The van der Waals surface area contributed by atoms with Crippen molar-refractivity contribution in [3.8, 4) is 0 Å². The Morgan fingerprint density at radius 1 is 1.00 bits per heavy atom. The third-order valence-corrected chi connectivity index (χ3v) is 4.84. The summed E-state index contributed by atoms with van der Waals surface area (Å²) >= 11 is 0. The van der Waals surface area contributed by atoms with Crippen LogP contribution in [0.1, 0.15) is 5.56 Å². The van der Waals surface area contributed by atoms with Gasteiger partial charge in [-0.1, -0.05) is 48.5 Å². The average Bonchev–Trinajstić information content (AvgIpc) is 2.75. The number of hydrogen-bond donors (Lipinski definition) is 2. The van der Waals surface area contributed by atoms with E-state index in [-0.39, 0.29) is 6.29 Å². The SMILES string of the molecule is NC1=NC(NCCc2ccccc2)N(c2ccccc2)C(N2CCOCC2)=N1. The van der Waals surface area contributed by atoms with Crippen molar-refractivity contribution in [3.05, 3.63) is 66.2 Å². The summed E-state index contributed by atoms with van der Waals surface area (Å²) in [5.74, 6) is 1.12. The molecule has 0 spiro atoms. The predicted molar refractivity (Wildman–Crippen MR) is 112 cm³/mol. The zero-order valence-electron chi connectivity index (χ0n) is 15.9. The second-order valence-corrected chi connectivity index (χ2v) is 6.77. The van der Waals surface area contributed by atoms with Gasteiger partial charge in [0.25, 0.3) is 0 Å². The van der Waals surface area contributed by atoms with E-state index in [1.807, 2.05) is 24.3 Å². The van der Waals surface area contributed by atoms with Crippen molar-refractivity contribution in [3.63, 3.8) is 0 Å². The van der Waals surface area contributed by atoms with E-state index in [0.717, 1.165) is 37.7 Å². The van der Waals surface area contributed by atoms with Crippen LogP contribution >= 0.6 is 0 Å². The van der Waals surface area contributed by atoms with Crippen LogP contribution < -0.4 is 16.0 Å². The number of para-hydroxylation sites is 1. The zero-order valence-corrected chi connectivity index (χ0v) is 15.9. The molecular formula is C21H26N6O. The molecule has 1 fully saturated rings. The minimum absolute atomic E-state index is 0.297. The van der Waals surface area contributed by atoms with Gasteiger partial charge in [-0.3, -0.25) is 10.2 Å². The Balaban J connectivity index is 1.55. The molecule has 2 aromatic rings. The molecule has 0 aliphatic carbocycles. The maximum atomic E-state index is 6.08. The normalized spacial score (nSPS) is 19.9. The molecule has 1 atom stereocenters. The molecule has 1 saturated heterocycles. The van der Waals surface area contributed by atoms with Gasteiger partial charge in [0.2, 0.25) is 11.9 Å². The molecule has 1 unspecified atom stereocenters. The number of nitrogens with one attached hydrogen (secondary N) is 1. The van der Waals surface area contributed by atoms with E-state index in [1.54, 1.807) is 0 Å². The lowest BCUT2D eigenvalue weighted by Crippen LogP contribution is -2.59. The summed E-state index contributed by atoms with van der Waals surface area (Å²) in [7, 11) is 0. The Morgan fingerprint density at radius 3 is 2.39 bits per heavy atom. The maximum absolute atomic E-state index is 6.08. The second kappa shape index (κ2) is 8.86. The van der Waals surface area contributed by atoms with E-state index in [9.17, 15) is 0 Å². The van der Waals surface area contributed by atoms with Gasteiger partial charge in [0.1, 0.15) is 0 Å². The molecule has 0 saturated carbocycles. The minimum atomic E-state index is -0.304. The first-order chi connectivity index (χ1) is 13.8. The Kier molecular flexibility index (Phi) is 5.84. The maximum Gasteiger partial charge on any atom is 0.221 e. The summed E-state index contributed by atoms with van der Waals surface area (Å²) in [5, 5.41) is 3.54. The quantitative estimate of drug-likeness (QED) is 0.827. The van der Waals surface area contributed by atoms with Gasteiger partial charge < -0.3 is 15.4 Å². The van der Waals surface area contributed by atoms with Gasteiger partial charge in [-0.15, -0.1) is 0 Å². The number of ether oxygens (including phenoxy) is 1. The summed E-state index contributed by atoms with van der Waals surface area (Å²) in [6, 6.07) is 20.6. The molecule has 28 heavy (non-hydrogen) atoms. The van der Waals surface area contributed by atoms with Gasteiger partial charge in [-0.25, -0.2) is 4.99 Å². The van der Waals surface area contributed by atoms with Crippen LogP contribution in [-0.4, -0.2) is 56.0 Å². The number of nitrogens with two attached hydrogens (primary N) is 1. The fraction of sp³-hybridized carbons (Fsp3) is 0.333. The van der Waals surface area contributed by atoms with Crippen LogP contribution in [-0.2, 0) is 11.2 Å². The largest absolute Gasteiger partial charge is 0.378 e. The van der Waals surface area contributed by atoms with Gasteiger partial charge >= 0.3 is 0 Å². The standard InChI is InChI=1S/C21H26N6O/c22-19-24-20(23-12-11-17-7-3-1-4-8-17)27(18-9-5-2-6-10-18)21(25-19)26-13-15-28-16-14-26/h1-10,20,23H,11-16H2,(H2,22,24). The van der Waals surface area contributed by atoms with Crippen molar-refractivity contribution in [2.24, 2.45) is 15.7 Å². The van der Waals surface area contributed by atoms with Crippen LogP contribution in [0.2, 0.25) is 0 Å². The van der Waals surface area contributed by atoms with Gasteiger partial charge in [0, 0.05) is 25.3 Å². The number of benzene rings is 2.